The van der Waals surface area contributed by atoms with Gasteiger partial charge in [-0.25, -0.2) is 0 Å². The van der Waals surface area contributed by atoms with E-state index < -0.39 is 0 Å². The van der Waals surface area contributed by atoms with Gasteiger partial charge in [-0.1, -0.05) is 13.2 Å². The van der Waals surface area contributed by atoms with Crippen LogP contribution in [0.5, 0.6) is 0 Å². The van der Waals surface area contributed by atoms with Crippen molar-refractivity contribution in [3.8, 4) is 0 Å². The highest BCUT2D eigenvalue weighted by Crippen LogP contribution is 1.92. The molecule has 0 N–H and O–H groups in total. The van der Waals surface area contributed by atoms with Crippen molar-refractivity contribution in [1.29, 1.82) is 0 Å². The standard InChI is InChI=1S/C9H16O3/c1-4-9(2)12-8-7-11-6-5-10-3/h4H,1-2,5-8H2,3H3. The molecule has 0 spiro atoms. The third kappa shape index (κ3) is 7.31. The smallest absolute Gasteiger partial charge is 0.111 e. The van der Waals surface area contributed by atoms with Gasteiger partial charge < -0.3 is 14.2 Å². The molecule has 0 aromatic rings. The molecule has 70 valence electrons. The number of ether oxygens (including phenoxy) is 3. The maximum absolute atomic E-state index is 5.14. The fraction of sp³-hybridized carbons (Fsp3) is 0.556. The molecule has 0 aliphatic rings. The third-order valence-corrected chi connectivity index (χ3v) is 1.17. The number of hydrogen-bond acceptors (Lipinski definition) is 3. The van der Waals surface area contributed by atoms with Gasteiger partial charge in [0.25, 0.3) is 0 Å². The quantitative estimate of drug-likeness (QED) is 0.314. The minimum absolute atomic E-state index is 0.508. The van der Waals surface area contributed by atoms with Gasteiger partial charge in [-0.05, 0) is 6.08 Å². The Kier molecular flexibility index (Phi) is 7.74. The summed E-state index contributed by atoms with van der Waals surface area (Å²) in [6.07, 6.45) is 1.56. The van der Waals surface area contributed by atoms with Crippen molar-refractivity contribution in [1.82, 2.24) is 0 Å². The number of allylic oxidation sites excluding steroid dienone is 1. The Balaban J connectivity index is 3.00. The Morgan fingerprint density at radius 3 is 2.50 bits per heavy atom. The molecule has 0 aliphatic carbocycles. The monoisotopic (exact) mass is 172 g/mol. The first-order valence-electron chi connectivity index (χ1n) is 3.82. The van der Waals surface area contributed by atoms with E-state index in [2.05, 4.69) is 13.2 Å². The summed E-state index contributed by atoms with van der Waals surface area (Å²) in [6, 6.07) is 0. The van der Waals surface area contributed by atoms with Gasteiger partial charge in [0.2, 0.25) is 0 Å². The first-order valence-corrected chi connectivity index (χ1v) is 3.82. The van der Waals surface area contributed by atoms with Crippen LogP contribution in [0, 0.1) is 0 Å². The van der Waals surface area contributed by atoms with Crippen LogP contribution >= 0.6 is 0 Å². The topological polar surface area (TPSA) is 27.7 Å². The SMILES string of the molecule is C=CC(=C)OCCOCCOC. The van der Waals surface area contributed by atoms with Crippen molar-refractivity contribution in [2.45, 2.75) is 0 Å². The number of rotatable bonds is 8. The van der Waals surface area contributed by atoms with Crippen LogP contribution in [0.25, 0.3) is 0 Å². The molecule has 0 amide bonds. The highest BCUT2D eigenvalue weighted by molar-refractivity contribution is 5.01. The highest BCUT2D eigenvalue weighted by atomic mass is 16.5. The summed E-state index contributed by atoms with van der Waals surface area (Å²) >= 11 is 0. The molecule has 0 rings (SSSR count). The molecular weight excluding hydrogens is 156 g/mol. The van der Waals surface area contributed by atoms with Crippen LogP contribution in [-0.4, -0.2) is 33.5 Å². The lowest BCUT2D eigenvalue weighted by Crippen LogP contribution is -2.07. The van der Waals surface area contributed by atoms with Crippen LogP contribution in [0.1, 0.15) is 0 Å². The average Bonchev–Trinajstić information content (AvgIpc) is 2.10. The largest absolute Gasteiger partial charge is 0.492 e. The predicted octanol–water partition coefficient (Wildman–Crippen LogP) is 1.37. The Morgan fingerprint density at radius 1 is 1.25 bits per heavy atom. The molecule has 0 aliphatic heterocycles. The summed E-state index contributed by atoms with van der Waals surface area (Å²) in [5.41, 5.74) is 0. The summed E-state index contributed by atoms with van der Waals surface area (Å²) in [4.78, 5) is 0. The van der Waals surface area contributed by atoms with Crippen molar-refractivity contribution in [2.24, 2.45) is 0 Å². The Labute approximate surface area is 73.6 Å². The molecule has 3 heteroatoms. The van der Waals surface area contributed by atoms with Crippen LogP contribution in [0.4, 0.5) is 0 Å². The van der Waals surface area contributed by atoms with Gasteiger partial charge in [0.05, 0.1) is 19.8 Å². The molecule has 0 unspecified atom stereocenters. The van der Waals surface area contributed by atoms with Crippen molar-refractivity contribution in [2.75, 3.05) is 33.5 Å². The van der Waals surface area contributed by atoms with Crippen molar-refractivity contribution < 1.29 is 14.2 Å². The molecule has 0 atom stereocenters. The van der Waals surface area contributed by atoms with E-state index >= 15 is 0 Å². The maximum Gasteiger partial charge on any atom is 0.111 e. The van der Waals surface area contributed by atoms with Gasteiger partial charge in [-0.2, -0.15) is 0 Å². The number of methoxy groups -OCH3 is 1. The van der Waals surface area contributed by atoms with E-state index in [1.54, 1.807) is 13.2 Å². The maximum atomic E-state index is 5.14. The summed E-state index contributed by atoms with van der Waals surface area (Å²) in [7, 11) is 1.64. The van der Waals surface area contributed by atoms with E-state index in [-0.39, 0.29) is 0 Å². The first kappa shape index (κ1) is 11.2. The molecule has 0 heterocycles. The van der Waals surface area contributed by atoms with Crippen molar-refractivity contribution in [3.05, 3.63) is 25.0 Å². The van der Waals surface area contributed by atoms with E-state index in [4.69, 9.17) is 14.2 Å². The van der Waals surface area contributed by atoms with Gasteiger partial charge in [-0.15, -0.1) is 0 Å². The zero-order chi connectivity index (χ0) is 9.23. The van der Waals surface area contributed by atoms with Crippen LogP contribution in [0.15, 0.2) is 25.0 Å². The second kappa shape index (κ2) is 8.30. The highest BCUT2D eigenvalue weighted by Gasteiger charge is 1.89. The van der Waals surface area contributed by atoms with E-state index in [0.717, 1.165) is 0 Å². The molecule has 0 fully saturated rings. The molecule has 12 heavy (non-hydrogen) atoms. The molecule has 0 saturated carbocycles. The number of hydrogen-bond donors (Lipinski definition) is 0. The molecule has 0 aromatic heterocycles. The van der Waals surface area contributed by atoms with Gasteiger partial charge in [-0.3, -0.25) is 0 Å². The lowest BCUT2D eigenvalue weighted by atomic mass is 10.5. The molecular formula is C9H16O3. The second-order valence-electron chi connectivity index (χ2n) is 2.12. The van der Waals surface area contributed by atoms with Gasteiger partial charge in [0.15, 0.2) is 0 Å². The van der Waals surface area contributed by atoms with Crippen LogP contribution < -0.4 is 0 Å². The van der Waals surface area contributed by atoms with E-state index in [1.807, 2.05) is 0 Å². The summed E-state index contributed by atoms with van der Waals surface area (Å²) < 4.78 is 15.0. The first-order chi connectivity index (χ1) is 5.81. The third-order valence-electron chi connectivity index (χ3n) is 1.17. The Hall–Kier alpha value is -0.800. The van der Waals surface area contributed by atoms with Crippen LogP contribution in [-0.2, 0) is 14.2 Å². The van der Waals surface area contributed by atoms with Crippen LogP contribution in [0.2, 0.25) is 0 Å². The van der Waals surface area contributed by atoms with E-state index in [1.165, 1.54) is 0 Å². The lowest BCUT2D eigenvalue weighted by molar-refractivity contribution is 0.0434. The predicted molar refractivity (Wildman–Crippen MR) is 48.0 cm³/mol. The average molecular weight is 172 g/mol. The summed E-state index contributed by atoms with van der Waals surface area (Å²) in [5.74, 6) is 0.574. The molecule has 0 bridgehead atoms. The minimum atomic E-state index is 0.508. The van der Waals surface area contributed by atoms with Gasteiger partial charge >= 0.3 is 0 Å². The molecule has 0 aromatic carbocycles. The Morgan fingerprint density at radius 2 is 1.92 bits per heavy atom. The zero-order valence-electron chi connectivity index (χ0n) is 7.54. The van der Waals surface area contributed by atoms with Crippen molar-refractivity contribution in [3.63, 3.8) is 0 Å². The van der Waals surface area contributed by atoms with E-state index in [9.17, 15) is 0 Å². The molecule has 0 saturated heterocycles. The summed E-state index contributed by atoms with van der Waals surface area (Å²) in [5, 5.41) is 0. The normalized spacial score (nSPS) is 9.42. The minimum Gasteiger partial charge on any atom is -0.492 e. The van der Waals surface area contributed by atoms with E-state index in [0.29, 0.717) is 32.2 Å². The second-order valence-corrected chi connectivity index (χ2v) is 2.12. The Bertz CT molecular complexity index is 132. The fourth-order valence-corrected chi connectivity index (χ4v) is 0.535. The molecule has 0 radical (unpaired) electrons. The lowest BCUT2D eigenvalue weighted by Gasteiger charge is -2.05. The van der Waals surface area contributed by atoms with Gasteiger partial charge in [0.1, 0.15) is 12.4 Å². The molecule has 3 nitrogen and oxygen atoms in total. The van der Waals surface area contributed by atoms with Gasteiger partial charge in [0, 0.05) is 7.11 Å². The zero-order valence-corrected chi connectivity index (χ0v) is 7.54. The fourth-order valence-electron chi connectivity index (χ4n) is 0.535. The summed E-state index contributed by atoms with van der Waals surface area (Å²) in [6.45, 7) is 9.36. The van der Waals surface area contributed by atoms with Crippen LogP contribution in [0.3, 0.4) is 0 Å². The van der Waals surface area contributed by atoms with Crippen molar-refractivity contribution >= 4 is 0 Å².